The number of nitrogens with zero attached hydrogens (tertiary/aromatic N) is 1. The fourth-order valence-corrected chi connectivity index (χ4v) is 0.999. The predicted octanol–water partition coefficient (Wildman–Crippen LogP) is 1.50. The molecule has 2 amide bonds. The van der Waals surface area contributed by atoms with Crippen LogP contribution >= 0.6 is 0 Å². The second kappa shape index (κ2) is 10.0. The summed E-state index contributed by atoms with van der Waals surface area (Å²) in [7, 11) is 0. The lowest BCUT2D eigenvalue weighted by atomic mass is 10.4. The van der Waals surface area contributed by atoms with Crippen molar-refractivity contribution in [1.82, 2.24) is 10.2 Å². The lowest BCUT2D eigenvalue weighted by Crippen LogP contribution is -2.28. The monoisotopic (exact) mass is 228 g/mol. The molecule has 0 atom stereocenters. The molecule has 0 unspecified atom stereocenters. The highest BCUT2D eigenvalue weighted by molar-refractivity contribution is 5.66. The molecule has 0 aromatic heterocycles. The number of nitrogens with one attached hydrogen (secondary N) is 1. The Bertz CT molecular complexity index is 211. The molecule has 0 rings (SSSR count). The highest BCUT2D eigenvalue weighted by Crippen LogP contribution is 1.90. The van der Waals surface area contributed by atoms with Gasteiger partial charge < -0.3 is 15.0 Å². The number of amides is 2. The van der Waals surface area contributed by atoms with E-state index in [1.54, 1.807) is 0 Å². The maximum Gasteiger partial charge on any atom is 0.407 e. The third-order valence-corrected chi connectivity index (χ3v) is 1.96. The van der Waals surface area contributed by atoms with Crippen molar-refractivity contribution < 1.29 is 14.3 Å². The second-order valence-electron chi connectivity index (χ2n) is 3.30. The second-order valence-corrected chi connectivity index (χ2v) is 3.30. The molecule has 0 heterocycles. The molecule has 0 aromatic carbocycles. The predicted molar refractivity (Wildman–Crippen MR) is 61.8 cm³/mol. The van der Waals surface area contributed by atoms with Crippen molar-refractivity contribution in [1.29, 1.82) is 0 Å². The number of alkyl carbamates (subject to hydrolysis) is 1. The van der Waals surface area contributed by atoms with Gasteiger partial charge in [-0.05, 0) is 19.0 Å². The van der Waals surface area contributed by atoms with E-state index in [2.05, 4.69) is 11.9 Å². The number of carbonyl (C=O) groups is 2. The van der Waals surface area contributed by atoms with Crippen molar-refractivity contribution in [3.8, 4) is 0 Å². The Morgan fingerprint density at radius 3 is 2.81 bits per heavy atom. The Morgan fingerprint density at radius 2 is 2.25 bits per heavy atom. The highest BCUT2D eigenvalue weighted by atomic mass is 16.5. The van der Waals surface area contributed by atoms with Crippen molar-refractivity contribution in [3.05, 3.63) is 12.8 Å². The van der Waals surface area contributed by atoms with Crippen molar-refractivity contribution in [2.45, 2.75) is 26.2 Å². The van der Waals surface area contributed by atoms with Crippen LogP contribution in [0.25, 0.3) is 0 Å². The Balaban J connectivity index is 3.40. The largest absolute Gasteiger partial charge is 0.450 e. The van der Waals surface area contributed by atoms with Crippen LogP contribution in [-0.4, -0.2) is 37.1 Å². The molecule has 92 valence electrons. The molecule has 1 N–H and O–H groups in total. The Hall–Kier alpha value is -1.52. The fraction of sp³-hybridized carbons (Fsp3) is 0.636. The van der Waals surface area contributed by atoms with E-state index < -0.39 is 6.09 Å². The van der Waals surface area contributed by atoms with E-state index in [9.17, 15) is 9.59 Å². The van der Waals surface area contributed by atoms with E-state index in [1.165, 1.54) is 11.1 Å². The third kappa shape index (κ3) is 7.84. The number of carbonyl (C=O) groups excluding carboxylic acids is 2. The highest BCUT2D eigenvalue weighted by Gasteiger charge is 2.00. The van der Waals surface area contributed by atoms with Crippen LogP contribution in [0.15, 0.2) is 12.8 Å². The molecule has 5 heteroatoms. The number of unbranched alkanes of at least 4 members (excludes halogenated alkanes) is 1. The summed E-state index contributed by atoms with van der Waals surface area (Å²) in [6.45, 7) is 7.00. The van der Waals surface area contributed by atoms with E-state index in [0.717, 1.165) is 12.8 Å². The molecule has 0 radical (unpaired) electrons. The summed E-state index contributed by atoms with van der Waals surface area (Å²) in [6.07, 6.45) is 4.31. The van der Waals surface area contributed by atoms with Gasteiger partial charge in [-0.3, -0.25) is 4.79 Å². The van der Waals surface area contributed by atoms with E-state index in [0.29, 0.717) is 32.5 Å². The molecule has 16 heavy (non-hydrogen) atoms. The number of hydrogen-bond acceptors (Lipinski definition) is 3. The summed E-state index contributed by atoms with van der Waals surface area (Å²) in [5.41, 5.74) is 0. The van der Waals surface area contributed by atoms with Crippen LogP contribution in [0.1, 0.15) is 26.2 Å². The van der Waals surface area contributed by atoms with Gasteiger partial charge in [0, 0.05) is 13.1 Å². The van der Waals surface area contributed by atoms with E-state index >= 15 is 0 Å². The Kier molecular flexibility index (Phi) is 9.06. The molecule has 0 aromatic rings. The van der Waals surface area contributed by atoms with Crippen LogP contribution < -0.4 is 5.32 Å². The summed E-state index contributed by atoms with van der Waals surface area (Å²) in [4.78, 5) is 22.9. The maximum atomic E-state index is 11.1. The normalized spacial score (nSPS) is 9.31. The summed E-state index contributed by atoms with van der Waals surface area (Å²) < 4.78 is 4.89. The van der Waals surface area contributed by atoms with Crippen molar-refractivity contribution >= 4 is 12.5 Å². The Labute approximate surface area is 96.4 Å². The minimum Gasteiger partial charge on any atom is -0.450 e. The van der Waals surface area contributed by atoms with Crippen LogP contribution in [0.5, 0.6) is 0 Å². The molecular formula is C11H20N2O3. The minimum absolute atomic E-state index is 0.398. The third-order valence-electron chi connectivity index (χ3n) is 1.96. The maximum absolute atomic E-state index is 11.1. The van der Waals surface area contributed by atoms with Crippen LogP contribution in [-0.2, 0) is 9.53 Å². The molecular weight excluding hydrogens is 208 g/mol. The first-order chi connectivity index (χ1) is 7.74. The summed E-state index contributed by atoms with van der Waals surface area (Å²) >= 11 is 0. The molecule has 0 spiro atoms. The lowest BCUT2D eigenvalue weighted by molar-refractivity contribution is -0.115. The molecule has 0 fully saturated rings. The first kappa shape index (κ1) is 14.5. The quantitative estimate of drug-likeness (QED) is 0.480. The number of hydrogen-bond donors (Lipinski definition) is 1. The summed E-state index contributed by atoms with van der Waals surface area (Å²) in [6, 6.07) is 0. The van der Waals surface area contributed by atoms with Gasteiger partial charge in [-0.1, -0.05) is 19.9 Å². The van der Waals surface area contributed by atoms with Gasteiger partial charge in [-0.25, -0.2) is 4.79 Å². The average Bonchev–Trinajstić information content (AvgIpc) is 2.30. The lowest BCUT2D eigenvalue weighted by Gasteiger charge is -2.11. The van der Waals surface area contributed by atoms with Gasteiger partial charge in [0.15, 0.2) is 0 Å². The van der Waals surface area contributed by atoms with Crippen molar-refractivity contribution in [2.75, 3.05) is 19.7 Å². The van der Waals surface area contributed by atoms with Crippen molar-refractivity contribution in [2.24, 2.45) is 0 Å². The molecule has 0 aliphatic carbocycles. The topological polar surface area (TPSA) is 58.6 Å². The molecule has 0 saturated carbocycles. The number of rotatable bonds is 9. The smallest absolute Gasteiger partial charge is 0.407 e. The molecule has 0 aliphatic rings. The van der Waals surface area contributed by atoms with Gasteiger partial charge >= 0.3 is 6.09 Å². The minimum atomic E-state index is -0.398. The van der Waals surface area contributed by atoms with E-state index in [1.807, 2.05) is 6.92 Å². The zero-order chi connectivity index (χ0) is 12.2. The molecule has 5 nitrogen and oxygen atoms in total. The first-order valence-electron chi connectivity index (χ1n) is 5.48. The van der Waals surface area contributed by atoms with Gasteiger partial charge in [0.1, 0.15) is 0 Å². The molecule has 0 aliphatic heterocycles. The number of ether oxygens (including phenoxy) is 1. The van der Waals surface area contributed by atoms with Crippen LogP contribution in [0.2, 0.25) is 0 Å². The van der Waals surface area contributed by atoms with Gasteiger partial charge in [-0.15, -0.1) is 0 Å². The van der Waals surface area contributed by atoms with E-state index in [4.69, 9.17) is 4.74 Å². The Morgan fingerprint density at radius 1 is 1.50 bits per heavy atom. The molecule has 0 saturated heterocycles. The fourth-order valence-electron chi connectivity index (χ4n) is 0.999. The van der Waals surface area contributed by atoms with E-state index in [-0.39, 0.29) is 0 Å². The summed E-state index contributed by atoms with van der Waals surface area (Å²) in [5.74, 6) is 0. The van der Waals surface area contributed by atoms with Gasteiger partial charge in [0.05, 0.1) is 6.61 Å². The van der Waals surface area contributed by atoms with Crippen molar-refractivity contribution in [3.63, 3.8) is 0 Å². The standard InChI is InChI=1S/C11H20N2O3/c1-3-5-9-16-11(15)12-7-6-8-13(4-2)10-14/h4,10H,2-3,5-9H2,1H3,(H,12,15). The van der Waals surface area contributed by atoms with Crippen LogP contribution in [0.3, 0.4) is 0 Å². The van der Waals surface area contributed by atoms with Gasteiger partial charge in [0.25, 0.3) is 0 Å². The first-order valence-corrected chi connectivity index (χ1v) is 5.48. The van der Waals surface area contributed by atoms with Gasteiger partial charge in [0.2, 0.25) is 6.41 Å². The zero-order valence-corrected chi connectivity index (χ0v) is 9.78. The average molecular weight is 228 g/mol. The zero-order valence-electron chi connectivity index (χ0n) is 9.78. The van der Waals surface area contributed by atoms with Crippen LogP contribution in [0.4, 0.5) is 4.79 Å². The molecule has 0 bridgehead atoms. The van der Waals surface area contributed by atoms with Gasteiger partial charge in [-0.2, -0.15) is 0 Å². The van der Waals surface area contributed by atoms with Crippen LogP contribution in [0, 0.1) is 0 Å². The SMILES string of the molecule is C=CN(C=O)CCCNC(=O)OCCCC. The summed E-state index contributed by atoms with van der Waals surface area (Å²) in [5, 5.41) is 2.61.